The minimum Gasteiger partial charge on any atom is -0.497 e. The predicted octanol–water partition coefficient (Wildman–Crippen LogP) is 5.10. The molecule has 0 fully saturated rings. The summed E-state index contributed by atoms with van der Waals surface area (Å²) in [6, 6.07) is 9.80. The first-order chi connectivity index (χ1) is 11.1. The van der Waals surface area contributed by atoms with Crippen LogP contribution in [0.15, 0.2) is 36.4 Å². The van der Waals surface area contributed by atoms with Gasteiger partial charge >= 0.3 is 0 Å². The number of unbranched alkanes of at least 4 members (excludes halogenated alkanes) is 1. The molecule has 0 atom stereocenters. The van der Waals surface area contributed by atoms with Crippen LogP contribution in [-0.4, -0.2) is 18.6 Å². The van der Waals surface area contributed by atoms with Gasteiger partial charge < -0.3 is 9.47 Å². The molecule has 122 valence electrons. The van der Waals surface area contributed by atoms with Crippen LogP contribution < -0.4 is 9.47 Å². The van der Waals surface area contributed by atoms with Crippen LogP contribution in [-0.2, 0) is 0 Å². The van der Waals surface area contributed by atoms with E-state index >= 15 is 0 Å². The number of halogens is 1. The van der Waals surface area contributed by atoms with Gasteiger partial charge in [0.25, 0.3) is 5.69 Å². The van der Waals surface area contributed by atoms with Crippen LogP contribution in [0.4, 0.5) is 5.69 Å². The summed E-state index contributed by atoms with van der Waals surface area (Å²) in [4.78, 5) is 10.9. The number of hydrogen-bond donors (Lipinski definition) is 0. The number of nitro groups is 1. The predicted molar refractivity (Wildman–Crippen MR) is 90.5 cm³/mol. The number of nitro benzene ring substituents is 1. The highest BCUT2D eigenvalue weighted by Gasteiger charge is 2.22. The van der Waals surface area contributed by atoms with Crippen LogP contribution in [0.25, 0.3) is 11.1 Å². The van der Waals surface area contributed by atoms with E-state index in [1.165, 1.54) is 6.07 Å². The van der Waals surface area contributed by atoms with Crippen molar-refractivity contribution >= 4 is 17.3 Å². The van der Waals surface area contributed by atoms with E-state index < -0.39 is 4.92 Å². The molecule has 0 aliphatic carbocycles. The molecule has 0 heterocycles. The van der Waals surface area contributed by atoms with Gasteiger partial charge in [0.05, 0.1) is 29.2 Å². The average molecular weight is 336 g/mol. The zero-order valence-electron chi connectivity index (χ0n) is 13.0. The SMILES string of the molecule is CCCCOc1cc(OC)ccc1-c1c(Cl)cccc1[N+](=O)[O-]. The van der Waals surface area contributed by atoms with Gasteiger partial charge in [-0.25, -0.2) is 0 Å². The Balaban J connectivity index is 2.56. The summed E-state index contributed by atoms with van der Waals surface area (Å²) in [6.07, 6.45) is 1.88. The van der Waals surface area contributed by atoms with Crippen LogP contribution in [0.3, 0.4) is 0 Å². The number of rotatable bonds is 7. The lowest BCUT2D eigenvalue weighted by Crippen LogP contribution is -2.00. The van der Waals surface area contributed by atoms with Crippen LogP contribution in [0.5, 0.6) is 11.5 Å². The smallest absolute Gasteiger partial charge is 0.278 e. The van der Waals surface area contributed by atoms with E-state index in [0.29, 0.717) is 34.3 Å². The first-order valence-electron chi connectivity index (χ1n) is 7.32. The highest BCUT2D eigenvalue weighted by molar-refractivity contribution is 6.34. The Hall–Kier alpha value is -2.27. The van der Waals surface area contributed by atoms with E-state index in [-0.39, 0.29) is 5.69 Å². The highest BCUT2D eigenvalue weighted by atomic mass is 35.5. The van der Waals surface area contributed by atoms with Gasteiger partial charge in [-0.3, -0.25) is 10.1 Å². The molecule has 0 N–H and O–H groups in total. The Bertz CT molecular complexity index is 703. The molecule has 0 spiro atoms. The van der Waals surface area contributed by atoms with E-state index in [1.54, 1.807) is 37.4 Å². The highest BCUT2D eigenvalue weighted by Crippen LogP contribution is 2.42. The summed E-state index contributed by atoms with van der Waals surface area (Å²) in [6.45, 7) is 2.59. The second-order valence-electron chi connectivity index (χ2n) is 4.96. The Morgan fingerprint density at radius 3 is 2.70 bits per heavy atom. The maximum Gasteiger partial charge on any atom is 0.278 e. The van der Waals surface area contributed by atoms with E-state index in [9.17, 15) is 10.1 Å². The quantitative estimate of drug-likeness (QED) is 0.401. The van der Waals surface area contributed by atoms with Gasteiger partial charge in [0.15, 0.2) is 0 Å². The normalized spacial score (nSPS) is 10.4. The molecular formula is C17H18ClNO4. The number of nitrogens with zero attached hydrogens (tertiary/aromatic N) is 1. The summed E-state index contributed by atoms with van der Waals surface area (Å²) < 4.78 is 11.0. The first kappa shape index (κ1) is 17.1. The van der Waals surface area contributed by atoms with E-state index in [4.69, 9.17) is 21.1 Å². The molecule has 0 saturated heterocycles. The zero-order chi connectivity index (χ0) is 16.8. The number of hydrogen-bond acceptors (Lipinski definition) is 4. The van der Waals surface area contributed by atoms with Crippen molar-refractivity contribution < 1.29 is 14.4 Å². The third-order valence-corrected chi connectivity index (χ3v) is 3.72. The van der Waals surface area contributed by atoms with E-state index in [0.717, 1.165) is 12.8 Å². The first-order valence-corrected chi connectivity index (χ1v) is 7.70. The van der Waals surface area contributed by atoms with Gasteiger partial charge in [0.1, 0.15) is 11.5 Å². The monoisotopic (exact) mass is 335 g/mol. The summed E-state index contributed by atoms with van der Waals surface area (Å²) in [7, 11) is 1.56. The molecule has 0 aliphatic heterocycles. The zero-order valence-corrected chi connectivity index (χ0v) is 13.8. The van der Waals surface area contributed by atoms with Crippen molar-refractivity contribution in [1.29, 1.82) is 0 Å². The minimum absolute atomic E-state index is 0.0528. The molecule has 0 unspecified atom stereocenters. The lowest BCUT2D eigenvalue weighted by atomic mass is 10.0. The molecule has 0 amide bonds. The lowest BCUT2D eigenvalue weighted by molar-refractivity contribution is -0.384. The molecule has 0 radical (unpaired) electrons. The number of ether oxygens (including phenoxy) is 2. The fraction of sp³-hybridized carbons (Fsp3) is 0.294. The summed E-state index contributed by atoms with van der Waals surface area (Å²) in [5.74, 6) is 1.14. The molecule has 6 heteroatoms. The van der Waals surface area contributed by atoms with E-state index in [1.807, 2.05) is 0 Å². The fourth-order valence-corrected chi connectivity index (χ4v) is 2.48. The minimum atomic E-state index is -0.443. The Labute approximate surface area is 139 Å². The van der Waals surface area contributed by atoms with Gasteiger partial charge in [-0.2, -0.15) is 0 Å². The molecule has 0 aliphatic rings. The molecule has 0 aromatic heterocycles. The summed E-state index contributed by atoms with van der Waals surface area (Å²) in [5, 5.41) is 11.6. The van der Waals surface area contributed by atoms with E-state index in [2.05, 4.69) is 6.92 Å². The van der Waals surface area contributed by atoms with Crippen molar-refractivity contribution in [2.75, 3.05) is 13.7 Å². The second kappa shape index (κ2) is 7.83. The van der Waals surface area contributed by atoms with Gasteiger partial charge in [0, 0.05) is 17.7 Å². The van der Waals surface area contributed by atoms with Crippen LogP contribution in [0.2, 0.25) is 5.02 Å². The van der Waals surface area contributed by atoms with Crippen molar-refractivity contribution in [3.05, 3.63) is 51.5 Å². The average Bonchev–Trinajstić information content (AvgIpc) is 2.55. The topological polar surface area (TPSA) is 61.6 Å². The maximum absolute atomic E-state index is 11.3. The molecule has 2 aromatic rings. The lowest BCUT2D eigenvalue weighted by Gasteiger charge is -2.14. The second-order valence-corrected chi connectivity index (χ2v) is 5.36. The largest absolute Gasteiger partial charge is 0.497 e. The number of methoxy groups -OCH3 is 1. The molecule has 23 heavy (non-hydrogen) atoms. The summed E-state index contributed by atoms with van der Waals surface area (Å²) >= 11 is 6.22. The third-order valence-electron chi connectivity index (χ3n) is 3.40. The molecule has 2 aromatic carbocycles. The molecule has 0 saturated carbocycles. The van der Waals surface area contributed by atoms with Crippen LogP contribution in [0, 0.1) is 10.1 Å². The van der Waals surface area contributed by atoms with Crippen molar-refractivity contribution in [1.82, 2.24) is 0 Å². The molecular weight excluding hydrogens is 318 g/mol. The summed E-state index contributed by atoms with van der Waals surface area (Å²) in [5.41, 5.74) is 0.885. The molecule has 5 nitrogen and oxygen atoms in total. The van der Waals surface area contributed by atoms with Crippen molar-refractivity contribution in [2.45, 2.75) is 19.8 Å². The van der Waals surface area contributed by atoms with Crippen molar-refractivity contribution in [3.63, 3.8) is 0 Å². The van der Waals surface area contributed by atoms with Crippen LogP contribution >= 0.6 is 11.6 Å². The van der Waals surface area contributed by atoms with Crippen molar-refractivity contribution in [3.8, 4) is 22.6 Å². The standard InChI is InChI=1S/C17H18ClNO4/c1-3-4-10-23-16-11-12(22-2)8-9-13(16)17-14(18)6-5-7-15(17)19(20)21/h5-9,11H,3-4,10H2,1-2H3. The Morgan fingerprint density at radius 2 is 2.04 bits per heavy atom. The van der Waals surface area contributed by atoms with Crippen molar-refractivity contribution in [2.24, 2.45) is 0 Å². The third kappa shape index (κ3) is 3.93. The van der Waals surface area contributed by atoms with Crippen LogP contribution in [0.1, 0.15) is 19.8 Å². The van der Waals surface area contributed by atoms with Gasteiger partial charge in [-0.05, 0) is 24.6 Å². The Kier molecular flexibility index (Phi) is 5.82. The van der Waals surface area contributed by atoms with Gasteiger partial charge in [-0.15, -0.1) is 0 Å². The Morgan fingerprint density at radius 1 is 1.26 bits per heavy atom. The van der Waals surface area contributed by atoms with Gasteiger partial charge in [-0.1, -0.05) is 31.0 Å². The number of benzene rings is 2. The van der Waals surface area contributed by atoms with Gasteiger partial charge in [0.2, 0.25) is 0 Å². The maximum atomic E-state index is 11.3. The molecule has 0 bridgehead atoms. The fourth-order valence-electron chi connectivity index (χ4n) is 2.21. The molecule has 2 rings (SSSR count).